The summed E-state index contributed by atoms with van der Waals surface area (Å²) in [6.07, 6.45) is 3.45. The van der Waals surface area contributed by atoms with E-state index in [9.17, 15) is 9.90 Å². The van der Waals surface area contributed by atoms with Crippen LogP contribution in [0.1, 0.15) is 39.5 Å². The van der Waals surface area contributed by atoms with E-state index in [2.05, 4.69) is 0 Å². The summed E-state index contributed by atoms with van der Waals surface area (Å²) in [5, 5.41) is 9.64. The van der Waals surface area contributed by atoms with E-state index >= 15 is 0 Å². The highest BCUT2D eigenvalue weighted by atomic mass is 16.3. The zero-order chi connectivity index (χ0) is 9.19. The molecule has 1 aliphatic rings. The van der Waals surface area contributed by atoms with Crippen molar-refractivity contribution in [2.75, 3.05) is 0 Å². The number of carbonyl (C=O) groups excluding carboxylic acids is 1. The predicted molar refractivity (Wildman–Crippen MR) is 47.5 cm³/mol. The van der Waals surface area contributed by atoms with E-state index < -0.39 is 5.60 Å². The summed E-state index contributed by atoms with van der Waals surface area (Å²) in [6, 6.07) is 0. The predicted octanol–water partition coefficient (Wildman–Crippen LogP) is 1.71. The summed E-state index contributed by atoms with van der Waals surface area (Å²) in [5.74, 6) is 2.31. The number of rotatable bonds is 1. The molecule has 1 N–H and O–H groups in total. The molecule has 0 aromatic carbocycles. The van der Waals surface area contributed by atoms with Gasteiger partial charge in [0.15, 0.2) is 0 Å². The first-order chi connectivity index (χ1) is 5.55. The van der Waals surface area contributed by atoms with Crippen LogP contribution >= 0.6 is 0 Å². The van der Waals surface area contributed by atoms with Gasteiger partial charge in [-0.3, -0.25) is 0 Å². The van der Waals surface area contributed by atoms with Gasteiger partial charge in [-0.25, -0.2) is 4.79 Å². The van der Waals surface area contributed by atoms with Crippen molar-refractivity contribution in [3.05, 3.63) is 5.57 Å². The monoisotopic (exact) mass is 168 g/mol. The van der Waals surface area contributed by atoms with Crippen LogP contribution in [-0.2, 0) is 4.79 Å². The second-order valence-electron chi connectivity index (χ2n) is 4.06. The second-order valence-corrected chi connectivity index (χ2v) is 4.06. The van der Waals surface area contributed by atoms with Crippen LogP contribution in [0.15, 0.2) is 5.57 Å². The highest BCUT2D eigenvalue weighted by Crippen LogP contribution is 2.34. The summed E-state index contributed by atoms with van der Waals surface area (Å²) in [6.45, 7) is 3.70. The average Bonchev–Trinajstić information content (AvgIpc) is 2.03. The number of allylic oxidation sites excluding steroid dienone is 1. The van der Waals surface area contributed by atoms with Crippen LogP contribution in [-0.4, -0.2) is 16.6 Å². The van der Waals surface area contributed by atoms with E-state index in [4.69, 9.17) is 0 Å². The van der Waals surface area contributed by atoms with Crippen molar-refractivity contribution in [3.8, 4) is 0 Å². The van der Waals surface area contributed by atoms with Crippen molar-refractivity contribution in [1.29, 1.82) is 0 Å². The van der Waals surface area contributed by atoms with Crippen LogP contribution < -0.4 is 0 Å². The van der Waals surface area contributed by atoms with Gasteiger partial charge in [0.1, 0.15) is 5.94 Å². The summed E-state index contributed by atoms with van der Waals surface area (Å²) in [4.78, 5) is 10.3. The van der Waals surface area contributed by atoms with Crippen molar-refractivity contribution in [2.45, 2.75) is 45.1 Å². The number of hydrogen-bond acceptors (Lipinski definition) is 2. The molecule has 0 heterocycles. The van der Waals surface area contributed by atoms with Crippen LogP contribution in [0.4, 0.5) is 0 Å². The van der Waals surface area contributed by atoms with Crippen molar-refractivity contribution in [3.63, 3.8) is 0 Å². The minimum atomic E-state index is -0.500. The fraction of sp³-hybridized carbons (Fsp3) is 0.800. The molecule has 2 heteroatoms. The van der Waals surface area contributed by atoms with Crippen LogP contribution in [0, 0.1) is 5.92 Å². The lowest BCUT2D eigenvalue weighted by atomic mass is 9.77. The maximum Gasteiger partial charge on any atom is 0.123 e. The molecule has 1 fully saturated rings. The molecule has 0 amide bonds. The molecule has 0 aliphatic heterocycles. The maximum atomic E-state index is 10.3. The van der Waals surface area contributed by atoms with Gasteiger partial charge in [-0.2, -0.15) is 0 Å². The van der Waals surface area contributed by atoms with Crippen molar-refractivity contribution in [1.82, 2.24) is 0 Å². The molecule has 1 saturated carbocycles. The molecule has 0 radical (unpaired) electrons. The highest BCUT2D eigenvalue weighted by molar-refractivity contribution is 5.52. The Kier molecular flexibility index (Phi) is 2.71. The molecule has 0 spiro atoms. The normalized spacial score (nSPS) is 35.8. The van der Waals surface area contributed by atoms with E-state index in [1.165, 1.54) is 0 Å². The lowest BCUT2D eigenvalue weighted by molar-refractivity contribution is 0.0127. The van der Waals surface area contributed by atoms with Gasteiger partial charge in [-0.15, -0.1) is 0 Å². The maximum absolute atomic E-state index is 10.3. The molecule has 0 aromatic heterocycles. The van der Waals surface area contributed by atoms with Crippen LogP contribution in [0.5, 0.6) is 0 Å². The summed E-state index contributed by atoms with van der Waals surface area (Å²) >= 11 is 0. The first-order valence-corrected chi connectivity index (χ1v) is 4.49. The van der Waals surface area contributed by atoms with Crippen LogP contribution in [0.2, 0.25) is 0 Å². The van der Waals surface area contributed by atoms with Gasteiger partial charge in [0, 0.05) is 5.57 Å². The summed E-state index contributed by atoms with van der Waals surface area (Å²) in [5.41, 5.74) is 0.310. The SMILES string of the molecule is CC(=C=O)C1CCC(C)(O)CC1. The van der Waals surface area contributed by atoms with Gasteiger partial charge in [-0.05, 0) is 45.4 Å². The second kappa shape index (κ2) is 3.42. The molecule has 0 unspecified atom stereocenters. The van der Waals surface area contributed by atoms with E-state index in [1.54, 1.807) is 0 Å². The third kappa shape index (κ3) is 2.20. The molecule has 12 heavy (non-hydrogen) atoms. The number of aliphatic hydroxyl groups is 1. The van der Waals surface area contributed by atoms with Gasteiger partial charge in [0.25, 0.3) is 0 Å². The molecule has 0 aromatic rings. The van der Waals surface area contributed by atoms with Crippen molar-refractivity contribution in [2.24, 2.45) is 5.92 Å². The standard InChI is InChI=1S/C10H16O2/c1-8(7-11)9-3-5-10(2,12)6-4-9/h9,12H,3-6H2,1-2H3. The van der Waals surface area contributed by atoms with Crippen LogP contribution in [0.25, 0.3) is 0 Å². The quantitative estimate of drug-likeness (QED) is 0.605. The Balaban J connectivity index is 2.52. The lowest BCUT2D eigenvalue weighted by Crippen LogP contribution is -2.30. The van der Waals surface area contributed by atoms with E-state index in [0.717, 1.165) is 31.3 Å². The Labute approximate surface area is 73.3 Å². The fourth-order valence-corrected chi connectivity index (χ4v) is 1.76. The van der Waals surface area contributed by atoms with Gasteiger partial charge in [0.05, 0.1) is 5.60 Å². The third-order valence-corrected chi connectivity index (χ3v) is 2.84. The van der Waals surface area contributed by atoms with E-state index in [1.807, 2.05) is 19.8 Å². The van der Waals surface area contributed by atoms with Gasteiger partial charge < -0.3 is 5.11 Å². The molecule has 1 rings (SSSR count). The van der Waals surface area contributed by atoms with E-state index in [0.29, 0.717) is 5.92 Å². The molecule has 2 nitrogen and oxygen atoms in total. The average molecular weight is 168 g/mol. The Morgan fingerprint density at radius 3 is 2.42 bits per heavy atom. The Morgan fingerprint density at radius 2 is 2.00 bits per heavy atom. The minimum Gasteiger partial charge on any atom is -0.390 e. The fourth-order valence-electron chi connectivity index (χ4n) is 1.76. The molecule has 68 valence electrons. The molecule has 0 saturated heterocycles. The topological polar surface area (TPSA) is 37.3 Å². The smallest absolute Gasteiger partial charge is 0.123 e. The highest BCUT2D eigenvalue weighted by Gasteiger charge is 2.29. The summed E-state index contributed by atoms with van der Waals surface area (Å²) in [7, 11) is 0. The van der Waals surface area contributed by atoms with Crippen molar-refractivity contribution >= 4 is 5.94 Å². The Hall–Kier alpha value is -0.590. The summed E-state index contributed by atoms with van der Waals surface area (Å²) < 4.78 is 0. The Morgan fingerprint density at radius 1 is 1.50 bits per heavy atom. The van der Waals surface area contributed by atoms with Gasteiger partial charge >= 0.3 is 0 Å². The van der Waals surface area contributed by atoms with E-state index in [-0.39, 0.29) is 0 Å². The zero-order valence-electron chi connectivity index (χ0n) is 7.76. The molecular weight excluding hydrogens is 152 g/mol. The molecule has 0 atom stereocenters. The third-order valence-electron chi connectivity index (χ3n) is 2.84. The number of hydrogen-bond donors (Lipinski definition) is 1. The lowest BCUT2D eigenvalue weighted by Gasteiger charge is -2.32. The van der Waals surface area contributed by atoms with Crippen molar-refractivity contribution < 1.29 is 9.90 Å². The molecule has 1 aliphatic carbocycles. The first kappa shape index (κ1) is 9.50. The largest absolute Gasteiger partial charge is 0.390 e. The van der Waals surface area contributed by atoms with Gasteiger partial charge in [-0.1, -0.05) is 0 Å². The van der Waals surface area contributed by atoms with Crippen LogP contribution in [0.3, 0.4) is 0 Å². The zero-order valence-corrected chi connectivity index (χ0v) is 7.76. The first-order valence-electron chi connectivity index (χ1n) is 4.49. The Bertz CT molecular complexity index is 202. The molecular formula is C10H16O2. The molecule has 0 bridgehead atoms. The van der Waals surface area contributed by atoms with Gasteiger partial charge in [0.2, 0.25) is 0 Å². The minimum absolute atomic E-state index is 0.364.